The molecule has 9 heteroatoms. The van der Waals surface area contributed by atoms with E-state index in [1.165, 1.54) is 0 Å². The molecule has 4 unspecified atom stereocenters. The van der Waals surface area contributed by atoms with Crippen LogP contribution in [0.2, 0.25) is 0 Å². The second-order valence-corrected chi connectivity index (χ2v) is 8.45. The summed E-state index contributed by atoms with van der Waals surface area (Å²) in [6.07, 6.45) is -11.4. The molecule has 2 saturated carbocycles. The fourth-order valence-electron chi connectivity index (χ4n) is 4.29. The lowest BCUT2D eigenvalue weighted by molar-refractivity contribution is -0.388. The number of ether oxygens (including phenoxy) is 1. The van der Waals surface area contributed by atoms with Gasteiger partial charge in [0.05, 0.1) is 5.41 Å². The first-order valence-corrected chi connectivity index (χ1v) is 9.22. The first kappa shape index (κ1) is 22.3. The van der Waals surface area contributed by atoms with Gasteiger partial charge in [-0.3, -0.25) is 4.79 Å². The lowest BCUT2D eigenvalue weighted by Gasteiger charge is -2.44. The normalized spacial score (nSPS) is 30.1. The van der Waals surface area contributed by atoms with Crippen molar-refractivity contribution in [2.75, 3.05) is 0 Å². The Morgan fingerprint density at radius 2 is 1.56 bits per heavy atom. The van der Waals surface area contributed by atoms with E-state index in [4.69, 9.17) is 4.74 Å². The highest BCUT2D eigenvalue weighted by Gasteiger charge is 2.74. The first-order chi connectivity index (χ1) is 12.1. The Bertz CT molecular complexity index is 540. The highest BCUT2D eigenvalue weighted by molar-refractivity contribution is 5.76. The third kappa shape index (κ3) is 3.93. The van der Waals surface area contributed by atoms with E-state index in [1.54, 1.807) is 13.8 Å². The van der Waals surface area contributed by atoms with Crippen LogP contribution in [0.25, 0.3) is 0 Å². The average Bonchev–Trinajstić information content (AvgIpc) is 2.94. The monoisotopic (exact) mass is 404 g/mol. The molecule has 2 aliphatic rings. The molecule has 2 fully saturated rings. The zero-order valence-corrected chi connectivity index (χ0v) is 15.6. The first-order valence-electron chi connectivity index (χ1n) is 9.22. The second-order valence-electron chi connectivity index (χ2n) is 8.45. The molecule has 0 bridgehead atoms. The topological polar surface area (TPSA) is 46.5 Å². The Morgan fingerprint density at radius 1 is 1.00 bits per heavy atom. The predicted octanol–water partition coefficient (Wildman–Crippen LogP) is 5.02. The van der Waals surface area contributed by atoms with Gasteiger partial charge in [0.25, 0.3) is 5.60 Å². The van der Waals surface area contributed by atoms with Gasteiger partial charge >= 0.3 is 18.3 Å². The SMILES string of the molecule is CCC(C)(C)C(=O)OC1CCC2CC(C(O)(C(F)(F)F)C(F)(F)F)CCC21. The Kier molecular flexibility index (Phi) is 5.88. The van der Waals surface area contributed by atoms with Crippen molar-refractivity contribution in [1.82, 2.24) is 0 Å². The van der Waals surface area contributed by atoms with E-state index in [1.807, 2.05) is 6.92 Å². The number of esters is 1. The van der Waals surface area contributed by atoms with Crippen LogP contribution in [0.3, 0.4) is 0 Å². The minimum atomic E-state index is -5.79. The summed E-state index contributed by atoms with van der Waals surface area (Å²) in [5.74, 6) is -3.04. The van der Waals surface area contributed by atoms with E-state index in [-0.39, 0.29) is 18.8 Å². The Hall–Kier alpha value is -0.990. The molecule has 0 aromatic rings. The van der Waals surface area contributed by atoms with E-state index in [9.17, 15) is 36.2 Å². The number of carbonyl (C=O) groups is 1. The zero-order chi connectivity index (χ0) is 20.8. The summed E-state index contributed by atoms with van der Waals surface area (Å²) >= 11 is 0. The van der Waals surface area contributed by atoms with Gasteiger partial charge in [-0.2, -0.15) is 26.3 Å². The summed E-state index contributed by atoms with van der Waals surface area (Å²) in [4.78, 5) is 12.3. The smallest absolute Gasteiger partial charge is 0.426 e. The zero-order valence-electron chi connectivity index (χ0n) is 15.6. The summed E-state index contributed by atoms with van der Waals surface area (Å²) in [5, 5.41) is 9.64. The van der Waals surface area contributed by atoms with Gasteiger partial charge < -0.3 is 9.84 Å². The lowest BCUT2D eigenvalue weighted by Crippen LogP contribution is -2.62. The Balaban J connectivity index is 2.12. The summed E-state index contributed by atoms with van der Waals surface area (Å²) in [5.41, 5.74) is -5.40. The van der Waals surface area contributed by atoms with Crippen molar-refractivity contribution in [3.05, 3.63) is 0 Å². The van der Waals surface area contributed by atoms with Gasteiger partial charge in [-0.1, -0.05) is 6.92 Å². The number of alkyl halides is 6. The van der Waals surface area contributed by atoms with Crippen LogP contribution >= 0.6 is 0 Å². The molecule has 2 aliphatic carbocycles. The molecule has 27 heavy (non-hydrogen) atoms. The molecule has 0 spiro atoms. The van der Waals surface area contributed by atoms with Gasteiger partial charge in [0.2, 0.25) is 0 Å². The third-order valence-electron chi connectivity index (χ3n) is 6.49. The van der Waals surface area contributed by atoms with Gasteiger partial charge in [-0.15, -0.1) is 0 Å². The Morgan fingerprint density at radius 3 is 2.04 bits per heavy atom. The molecule has 0 amide bonds. The molecule has 0 heterocycles. The average molecular weight is 404 g/mol. The highest BCUT2D eigenvalue weighted by atomic mass is 19.4. The third-order valence-corrected chi connectivity index (χ3v) is 6.49. The number of halogens is 6. The van der Waals surface area contributed by atoms with Gasteiger partial charge in [0, 0.05) is 5.92 Å². The molecule has 3 nitrogen and oxygen atoms in total. The molecule has 0 aromatic heterocycles. The highest BCUT2D eigenvalue weighted by Crippen LogP contribution is 2.55. The number of hydrogen-bond donors (Lipinski definition) is 1. The van der Waals surface area contributed by atoms with Gasteiger partial charge in [-0.25, -0.2) is 0 Å². The summed E-state index contributed by atoms with van der Waals surface area (Å²) in [6.45, 7) is 5.29. The number of hydrogen-bond acceptors (Lipinski definition) is 3. The minimum Gasteiger partial charge on any atom is -0.462 e. The van der Waals surface area contributed by atoms with Crippen molar-refractivity contribution >= 4 is 5.97 Å². The minimum absolute atomic E-state index is 0.0638. The lowest BCUT2D eigenvalue weighted by atomic mass is 9.68. The van der Waals surface area contributed by atoms with Crippen molar-refractivity contribution in [2.24, 2.45) is 23.2 Å². The van der Waals surface area contributed by atoms with E-state index in [2.05, 4.69) is 0 Å². The summed E-state index contributed by atoms with van der Waals surface area (Å²) < 4.78 is 84.2. The maximum atomic E-state index is 13.1. The number of rotatable bonds is 4. The molecule has 0 saturated heterocycles. The standard InChI is InChI=1S/C18H26F6O3/c1-4-15(2,3)14(25)27-13-8-5-10-9-11(6-7-12(10)13)16(26,17(19,20)21)18(22,23)24/h10-13,26H,4-9H2,1-3H3. The van der Waals surface area contributed by atoms with Crippen LogP contribution in [0.5, 0.6) is 0 Å². The van der Waals surface area contributed by atoms with Crippen LogP contribution in [0, 0.1) is 23.2 Å². The number of aliphatic hydroxyl groups is 1. The van der Waals surface area contributed by atoms with Crippen molar-refractivity contribution in [2.45, 2.75) is 83.4 Å². The van der Waals surface area contributed by atoms with E-state index < -0.39 is 53.7 Å². The van der Waals surface area contributed by atoms with Crippen molar-refractivity contribution in [3.63, 3.8) is 0 Å². The summed E-state index contributed by atoms with van der Waals surface area (Å²) in [6, 6.07) is 0. The maximum Gasteiger partial charge on any atom is 0.426 e. The molecule has 158 valence electrons. The van der Waals surface area contributed by atoms with E-state index >= 15 is 0 Å². The molecule has 1 N–H and O–H groups in total. The fourth-order valence-corrected chi connectivity index (χ4v) is 4.29. The number of carbonyl (C=O) groups excluding carboxylic acids is 1. The van der Waals surface area contributed by atoms with Crippen LogP contribution in [0.1, 0.15) is 59.3 Å². The molecule has 0 radical (unpaired) electrons. The van der Waals surface area contributed by atoms with Crippen molar-refractivity contribution < 1.29 is 41.0 Å². The molecular formula is C18H26F6O3. The Labute approximate surface area is 154 Å². The van der Waals surface area contributed by atoms with Crippen molar-refractivity contribution in [1.29, 1.82) is 0 Å². The van der Waals surface area contributed by atoms with Gasteiger partial charge in [0.1, 0.15) is 6.10 Å². The quantitative estimate of drug-likeness (QED) is 0.529. The van der Waals surface area contributed by atoms with Gasteiger partial charge in [-0.05, 0) is 64.2 Å². The fraction of sp³-hybridized carbons (Fsp3) is 0.944. The molecular weight excluding hydrogens is 378 g/mol. The van der Waals surface area contributed by atoms with E-state index in [0.29, 0.717) is 19.3 Å². The molecule has 0 aliphatic heterocycles. The van der Waals surface area contributed by atoms with Crippen LogP contribution in [0.15, 0.2) is 0 Å². The summed E-state index contributed by atoms with van der Waals surface area (Å²) in [7, 11) is 0. The number of fused-ring (bicyclic) bond motifs is 1. The van der Waals surface area contributed by atoms with Crippen LogP contribution < -0.4 is 0 Å². The van der Waals surface area contributed by atoms with Crippen LogP contribution in [0.4, 0.5) is 26.3 Å². The molecule has 2 rings (SSSR count). The molecule has 0 aromatic carbocycles. The van der Waals surface area contributed by atoms with Crippen molar-refractivity contribution in [3.8, 4) is 0 Å². The predicted molar refractivity (Wildman–Crippen MR) is 84.6 cm³/mol. The van der Waals surface area contributed by atoms with Crippen LogP contribution in [-0.2, 0) is 9.53 Å². The van der Waals surface area contributed by atoms with E-state index in [0.717, 1.165) is 0 Å². The molecule has 4 atom stereocenters. The second kappa shape index (κ2) is 7.12. The van der Waals surface area contributed by atoms with Gasteiger partial charge in [0.15, 0.2) is 0 Å². The maximum absolute atomic E-state index is 13.1. The van der Waals surface area contributed by atoms with Crippen LogP contribution in [-0.4, -0.2) is 35.1 Å². The largest absolute Gasteiger partial charge is 0.462 e.